The van der Waals surface area contributed by atoms with E-state index in [1.807, 2.05) is 52.0 Å². The minimum Gasteiger partial charge on any atom is -0.399 e. The monoisotopic (exact) mass is 333 g/mol. The summed E-state index contributed by atoms with van der Waals surface area (Å²) in [6, 6.07) is 7.78. The lowest BCUT2D eigenvalue weighted by atomic mass is 9.79. The van der Waals surface area contributed by atoms with Crippen LogP contribution in [0, 0.1) is 5.41 Å². The van der Waals surface area contributed by atoms with Crippen molar-refractivity contribution in [2.24, 2.45) is 9.78 Å². The summed E-state index contributed by atoms with van der Waals surface area (Å²) >= 11 is 0. The van der Waals surface area contributed by atoms with Gasteiger partial charge in [-0.15, -0.1) is 0 Å². The van der Waals surface area contributed by atoms with Crippen LogP contribution in [-0.4, -0.2) is 34.0 Å². The summed E-state index contributed by atoms with van der Waals surface area (Å²) in [5.41, 5.74) is 1.50. The molecule has 3 aliphatic rings. The van der Waals surface area contributed by atoms with Crippen LogP contribution < -0.4 is 5.46 Å². The average Bonchev–Trinajstić information content (AvgIpc) is 3.12. The molecule has 2 heterocycles. The maximum absolute atomic E-state index is 12.6. The summed E-state index contributed by atoms with van der Waals surface area (Å²) in [5, 5.41) is 0. The summed E-state index contributed by atoms with van der Waals surface area (Å²) < 4.78 is 29.2. The molecule has 6 heteroatoms. The Morgan fingerprint density at radius 1 is 1.00 bits per heavy atom. The Morgan fingerprint density at radius 2 is 1.52 bits per heavy atom. The zero-order chi connectivity index (χ0) is 16.5. The van der Waals surface area contributed by atoms with Gasteiger partial charge in [0.05, 0.1) is 26.6 Å². The Balaban J connectivity index is 1.51. The molecule has 0 radical (unpaired) electrons. The fourth-order valence-electron chi connectivity index (χ4n) is 3.31. The second-order valence-electron chi connectivity index (χ2n) is 8.33. The second-order valence-corrected chi connectivity index (χ2v) is 10.6. The van der Waals surface area contributed by atoms with Crippen molar-refractivity contribution in [1.82, 2.24) is 0 Å². The van der Waals surface area contributed by atoms with E-state index in [-0.39, 0.29) is 18.3 Å². The summed E-state index contributed by atoms with van der Waals surface area (Å²) in [7, 11) is -2.35. The number of benzene rings is 1. The SMILES string of the molecule is CC1(C)OB(c2ccc(N=S3(=O)CC4(CC4)C3)cc2)OC1(C)C. The van der Waals surface area contributed by atoms with Gasteiger partial charge < -0.3 is 9.31 Å². The van der Waals surface area contributed by atoms with Crippen LogP contribution in [0.1, 0.15) is 40.5 Å². The van der Waals surface area contributed by atoms with Crippen LogP contribution in [0.25, 0.3) is 0 Å². The molecule has 1 spiro atoms. The summed E-state index contributed by atoms with van der Waals surface area (Å²) in [4.78, 5) is 0. The molecule has 0 N–H and O–H groups in total. The molecule has 23 heavy (non-hydrogen) atoms. The predicted octanol–water partition coefficient (Wildman–Crippen LogP) is 2.88. The Bertz CT molecular complexity index is 729. The number of hydrogen-bond acceptors (Lipinski definition) is 4. The van der Waals surface area contributed by atoms with Crippen LogP contribution in [0.4, 0.5) is 5.69 Å². The van der Waals surface area contributed by atoms with Gasteiger partial charge in [0.1, 0.15) is 0 Å². The first-order chi connectivity index (χ1) is 10.6. The van der Waals surface area contributed by atoms with Crippen LogP contribution in [0.15, 0.2) is 28.6 Å². The minimum atomic E-state index is -1.99. The van der Waals surface area contributed by atoms with Gasteiger partial charge in [0, 0.05) is 11.5 Å². The van der Waals surface area contributed by atoms with Crippen LogP contribution in [0.2, 0.25) is 0 Å². The largest absolute Gasteiger partial charge is 0.494 e. The lowest BCUT2D eigenvalue weighted by Crippen LogP contribution is -2.41. The third-order valence-electron chi connectivity index (χ3n) is 5.71. The van der Waals surface area contributed by atoms with E-state index in [0.29, 0.717) is 5.41 Å². The number of hydrogen-bond donors (Lipinski definition) is 0. The number of rotatable bonds is 2. The molecule has 0 aromatic heterocycles. The predicted molar refractivity (Wildman–Crippen MR) is 93.8 cm³/mol. The molecule has 2 aliphatic heterocycles. The lowest BCUT2D eigenvalue weighted by molar-refractivity contribution is 0.00578. The van der Waals surface area contributed by atoms with Gasteiger partial charge in [-0.25, -0.2) is 4.21 Å². The Hall–Kier alpha value is -0.845. The Labute approximate surface area is 139 Å². The van der Waals surface area contributed by atoms with E-state index in [9.17, 15) is 4.21 Å². The highest BCUT2D eigenvalue weighted by molar-refractivity contribution is 7.95. The molecule has 124 valence electrons. The highest BCUT2D eigenvalue weighted by atomic mass is 32.2. The molecule has 3 fully saturated rings. The lowest BCUT2D eigenvalue weighted by Gasteiger charge is -2.32. The van der Waals surface area contributed by atoms with Crippen molar-refractivity contribution in [3.63, 3.8) is 0 Å². The van der Waals surface area contributed by atoms with Gasteiger partial charge in [0.25, 0.3) is 0 Å². The average molecular weight is 333 g/mol. The molecule has 1 saturated carbocycles. The molecule has 0 unspecified atom stereocenters. The van der Waals surface area contributed by atoms with Crippen molar-refractivity contribution < 1.29 is 13.5 Å². The van der Waals surface area contributed by atoms with Gasteiger partial charge in [0.15, 0.2) is 0 Å². The van der Waals surface area contributed by atoms with Crippen LogP contribution in [-0.2, 0) is 19.0 Å². The Morgan fingerprint density at radius 3 is 2.00 bits per heavy atom. The maximum atomic E-state index is 12.6. The maximum Gasteiger partial charge on any atom is 0.494 e. The molecule has 1 aliphatic carbocycles. The van der Waals surface area contributed by atoms with Gasteiger partial charge >= 0.3 is 7.12 Å². The standard InChI is InChI=1S/C17H24BNO3S/c1-15(2)16(3,4)22-18(21-15)13-5-7-14(8-6-13)19-23(20)11-17(12-23)9-10-17/h5-8H,9-12H2,1-4H3. The van der Waals surface area contributed by atoms with Crippen molar-refractivity contribution in [2.45, 2.75) is 51.7 Å². The highest BCUT2D eigenvalue weighted by Crippen LogP contribution is 2.55. The molecule has 2 saturated heterocycles. The third-order valence-corrected chi connectivity index (χ3v) is 8.38. The molecule has 0 atom stereocenters. The van der Waals surface area contributed by atoms with Gasteiger partial charge in [0.2, 0.25) is 0 Å². The smallest absolute Gasteiger partial charge is 0.399 e. The van der Waals surface area contributed by atoms with Crippen molar-refractivity contribution >= 4 is 28.0 Å². The summed E-state index contributed by atoms with van der Waals surface area (Å²) in [5.74, 6) is 1.58. The normalized spacial score (nSPS) is 28.4. The molecular weight excluding hydrogens is 309 g/mol. The fraction of sp³-hybridized carbons (Fsp3) is 0.647. The molecule has 0 amide bonds. The first-order valence-corrected chi connectivity index (χ1v) is 10.2. The molecule has 1 aromatic rings. The van der Waals surface area contributed by atoms with E-state index in [4.69, 9.17) is 9.31 Å². The first kappa shape index (κ1) is 15.7. The zero-order valence-corrected chi connectivity index (χ0v) is 15.1. The van der Waals surface area contributed by atoms with Gasteiger partial charge in [-0.05, 0) is 63.5 Å². The second kappa shape index (κ2) is 4.61. The molecule has 4 nitrogen and oxygen atoms in total. The molecule has 1 aromatic carbocycles. The van der Waals surface area contributed by atoms with Gasteiger partial charge in [-0.1, -0.05) is 12.1 Å². The fourth-order valence-corrected chi connectivity index (χ4v) is 6.35. The summed E-state index contributed by atoms with van der Waals surface area (Å²) in [6.07, 6.45) is 2.47. The topological polar surface area (TPSA) is 47.9 Å². The van der Waals surface area contributed by atoms with Crippen LogP contribution >= 0.6 is 0 Å². The third kappa shape index (κ3) is 2.65. The minimum absolute atomic E-state index is 0.339. The van der Waals surface area contributed by atoms with E-state index in [1.165, 1.54) is 12.8 Å². The zero-order valence-electron chi connectivity index (χ0n) is 14.3. The highest BCUT2D eigenvalue weighted by Gasteiger charge is 2.55. The van der Waals surface area contributed by atoms with Gasteiger partial charge in [-0.2, -0.15) is 4.36 Å². The molecular formula is C17H24BNO3S. The number of nitrogens with zero attached hydrogens (tertiary/aromatic N) is 1. The Kier molecular flexibility index (Phi) is 3.14. The van der Waals surface area contributed by atoms with Crippen molar-refractivity contribution in [1.29, 1.82) is 0 Å². The van der Waals surface area contributed by atoms with E-state index in [1.54, 1.807) is 0 Å². The van der Waals surface area contributed by atoms with Crippen LogP contribution in [0.5, 0.6) is 0 Å². The van der Waals surface area contributed by atoms with E-state index >= 15 is 0 Å². The van der Waals surface area contributed by atoms with E-state index in [2.05, 4.69) is 4.36 Å². The van der Waals surface area contributed by atoms with E-state index in [0.717, 1.165) is 22.7 Å². The van der Waals surface area contributed by atoms with Crippen molar-refractivity contribution in [3.05, 3.63) is 24.3 Å². The molecule has 0 bridgehead atoms. The van der Waals surface area contributed by atoms with Crippen LogP contribution in [0.3, 0.4) is 0 Å². The first-order valence-electron chi connectivity index (χ1n) is 8.30. The van der Waals surface area contributed by atoms with Crippen molar-refractivity contribution in [3.8, 4) is 0 Å². The molecule has 4 rings (SSSR count). The quantitative estimate of drug-likeness (QED) is 0.782. The summed E-state index contributed by atoms with van der Waals surface area (Å²) in [6.45, 7) is 8.19. The van der Waals surface area contributed by atoms with Gasteiger partial charge in [-0.3, -0.25) is 0 Å². The van der Waals surface area contributed by atoms with E-state index < -0.39 is 9.73 Å². The van der Waals surface area contributed by atoms with Crippen molar-refractivity contribution in [2.75, 3.05) is 11.5 Å².